The van der Waals surface area contributed by atoms with Crippen LogP contribution in [0.5, 0.6) is 5.75 Å². The van der Waals surface area contributed by atoms with Gasteiger partial charge in [0, 0.05) is 12.2 Å². The fourth-order valence-electron chi connectivity index (χ4n) is 1.88. The highest BCUT2D eigenvalue weighted by molar-refractivity contribution is 5.50. The van der Waals surface area contributed by atoms with Crippen LogP contribution in [-0.4, -0.2) is 12.1 Å². The molecule has 0 saturated carbocycles. The van der Waals surface area contributed by atoms with Crippen LogP contribution in [0.1, 0.15) is 24.1 Å². The van der Waals surface area contributed by atoms with Crippen LogP contribution in [0.25, 0.3) is 0 Å². The number of pyridine rings is 1. The van der Waals surface area contributed by atoms with Crippen molar-refractivity contribution in [2.75, 3.05) is 12.4 Å². The monoisotopic (exact) mass is 260 g/mol. The zero-order valence-corrected chi connectivity index (χ0v) is 11.3. The number of methoxy groups -OCH3 is 1. The highest BCUT2D eigenvalue weighted by Gasteiger charge is 2.10. The van der Waals surface area contributed by atoms with Crippen LogP contribution in [0, 0.1) is 12.7 Å². The number of aryl methyl sites for hydroxylation is 1. The van der Waals surface area contributed by atoms with E-state index >= 15 is 0 Å². The minimum atomic E-state index is -0.350. The third-order valence-electron chi connectivity index (χ3n) is 3.09. The van der Waals surface area contributed by atoms with Gasteiger partial charge >= 0.3 is 0 Å². The van der Waals surface area contributed by atoms with Crippen molar-refractivity contribution >= 4 is 5.69 Å². The molecule has 1 unspecified atom stereocenters. The number of hydrogen-bond acceptors (Lipinski definition) is 3. The number of aromatic nitrogens is 1. The minimum absolute atomic E-state index is 0.0108. The van der Waals surface area contributed by atoms with E-state index in [0.717, 1.165) is 16.8 Å². The van der Waals surface area contributed by atoms with Crippen molar-refractivity contribution in [1.29, 1.82) is 0 Å². The molecule has 0 spiro atoms. The number of hydrogen-bond donors (Lipinski definition) is 1. The first kappa shape index (κ1) is 13.3. The largest absolute Gasteiger partial charge is 0.494 e. The van der Waals surface area contributed by atoms with Crippen molar-refractivity contribution in [3.63, 3.8) is 0 Å². The van der Waals surface area contributed by atoms with E-state index in [-0.39, 0.29) is 17.6 Å². The molecule has 100 valence electrons. The fraction of sp³-hybridized carbons (Fsp3) is 0.267. The maximum absolute atomic E-state index is 13.7. The summed E-state index contributed by atoms with van der Waals surface area (Å²) in [5, 5.41) is 3.32. The number of nitrogens with zero attached hydrogens (tertiary/aromatic N) is 1. The molecule has 0 fully saturated rings. The Morgan fingerprint density at radius 3 is 2.74 bits per heavy atom. The summed E-state index contributed by atoms with van der Waals surface area (Å²) in [4.78, 5) is 4.08. The summed E-state index contributed by atoms with van der Waals surface area (Å²) in [5.74, 6) is -0.0925. The zero-order valence-electron chi connectivity index (χ0n) is 11.3. The molecular weight excluding hydrogens is 243 g/mol. The van der Waals surface area contributed by atoms with E-state index in [9.17, 15) is 4.39 Å². The van der Waals surface area contributed by atoms with E-state index in [1.165, 1.54) is 13.2 Å². The van der Waals surface area contributed by atoms with Crippen LogP contribution < -0.4 is 10.1 Å². The van der Waals surface area contributed by atoms with Crippen LogP contribution in [0.2, 0.25) is 0 Å². The van der Waals surface area contributed by atoms with Crippen LogP contribution in [0.15, 0.2) is 36.7 Å². The molecule has 3 nitrogen and oxygen atoms in total. The Hall–Kier alpha value is -2.10. The first-order valence-corrected chi connectivity index (χ1v) is 6.12. The predicted octanol–water partition coefficient (Wildman–Crippen LogP) is 3.71. The van der Waals surface area contributed by atoms with E-state index in [1.54, 1.807) is 18.5 Å². The van der Waals surface area contributed by atoms with Gasteiger partial charge in [-0.25, -0.2) is 4.39 Å². The molecule has 0 aliphatic carbocycles. The Morgan fingerprint density at radius 1 is 1.32 bits per heavy atom. The maximum atomic E-state index is 13.7. The third kappa shape index (κ3) is 3.02. The summed E-state index contributed by atoms with van der Waals surface area (Å²) in [7, 11) is 1.46. The second-order valence-corrected chi connectivity index (χ2v) is 4.45. The first-order valence-electron chi connectivity index (χ1n) is 6.12. The number of ether oxygens (including phenoxy) is 1. The molecule has 2 aromatic rings. The molecule has 1 heterocycles. The van der Waals surface area contributed by atoms with E-state index in [1.807, 2.05) is 26.0 Å². The van der Waals surface area contributed by atoms with Gasteiger partial charge in [-0.05, 0) is 43.2 Å². The average Bonchev–Trinajstić information content (AvgIpc) is 2.41. The van der Waals surface area contributed by atoms with Gasteiger partial charge in [0.2, 0.25) is 0 Å². The van der Waals surface area contributed by atoms with Crippen molar-refractivity contribution in [1.82, 2.24) is 4.98 Å². The van der Waals surface area contributed by atoms with E-state index in [2.05, 4.69) is 10.3 Å². The lowest BCUT2D eigenvalue weighted by Gasteiger charge is -2.17. The van der Waals surface area contributed by atoms with Gasteiger partial charge in [0.1, 0.15) is 0 Å². The highest BCUT2D eigenvalue weighted by Crippen LogP contribution is 2.25. The fourth-order valence-corrected chi connectivity index (χ4v) is 1.88. The average molecular weight is 260 g/mol. The van der Waals surface area contributed by atoms with Gasteiger partial charge in [-0.3, -0.25) is 4.98 Å². The lowest BCUT2D eigenvalue weighted by molar-refractivity contribution is 0.386. The molecule has 0 amide bonds. The first-order chi connectivity index (χ1) is 9.11. The lowest BCUT2D eigenvalue weighted by Crippen LogP contribution is -2.08. The molecule has 0 radical (unpaired) electrons. The van der Waals surface area contributed by atoms with Crippen molar-refractivity contribution in [2.24, 2.45) is 0 Å². The molecule has 0 aliphatic rings. The third-order valence-corrected chi connectivity index (χ3v) is 3.09. The molecule has 1 aromatic heterocycles. The number of halogens is 1. The molecule has 1 N–H and O–H groups in total. The van der Waals surface area contributed by atoms with Crippen LogP contribution >= 0.6 is 0 Å². The van der Waals surface area contributed by atoms with Gasteiger partial charge in [0.15, 0.2) is 11.6 Å². The van der Waals surface area contributed by atoms with Gasteiger partial charge < -0.3 is 10.1 Å². The smallest absolute Gasteiger partial charge is 0.165 e. The van der Waals surface area contributed by atoms with Gasteiger partial charge in [-0.15, -0.1) is 0 Å². The second-order valence-electron chi connectivity index (χ2n) is 4.45. The van der Waals surface area contributed by atoms with Crippen LogP contribution in [0.3, 0.4) is 0 Å². The topological polar surface area (TPSA) is 34.1 Å². The summed E-state index contributed by atoms with van der Waals surface area (Å²) in [5.41, 5.74) is 2.92. The number of anilines is 1. The number of rotatable bonds is 4. The summed E-state index contributed by atoms with van der Waals surface area (Å²) in [6, 6.07) is 6.90. The number of benzene rings is 1. The van der Waals surface area contributed by atoms with Crippen LogP contribution in [0.4, 0.5) is 10.1 Å². The molecule has 2 rings (SSSR count). The van der Waals surface area contributed by atoms with E-state index in [4.69, 9.17) is 4.74 Å². The maximum Gasteiger partial charge on any atom is 0.165 e. The van der Waals surface area contributed by atoms with Gasteiger partial charge in [0.05, 0.1) is 19.0 Å². The Kier molecular flexibility index (Phi) is 4.00. The second kappa shape index (κ2) is 5.69. The molecule has 4 heteroatoms. The molecular formula is C15H17FN2O. The normalized spacial score (nSPS) is 12.0. The Balaban J connectivity index is 2.18. The standard InChI is InChI=1S/C15H17FN2O/c1-10-6-7-17-9-14(10)18-11(2)12-4-5-15(19-3)13(16)8-12/h4-9,11,18H,1-3H3. The predicted molar refractivity (Wildman–Crippen MR) is 74.0 cm³/mol. The van der Waals surface area contributed by atoms with Crippen molar-refractivity contribution in [3.8, 4) is 5.75 Å². The summed E-state index contributed by atoms with van der Waals surface area (Å²) in [6.07, 6.45) is 3.52. The molecule has 0 saturated heterocycles. The quantitative estimate of drug-likeness (QED) is 0.910. The van der Waals surface area contributed by atoms with Gasteiger partial charge in [-0.2, -0.15) is 0 Å². The van der Waals surface area contributed by atoms with Crippen LogP contribution in [-0.2, 0) is 0 Å². The van der Waals surface area contributed by atoms with Crippen molar-refractivity contribution in [2.45, 2.75) is 19.9 Å². The molecule has 0 aliphatic heterocycles. The molecule has 1 atom stereocenters. The van der Waals surface area contributed by atoms with Crippen molar-refractivity contribution in [3.05, 3.63) is 53.6 Å². The molecule has 0 bridgehead atoms. The Bertz CT molecular complexity index is 572. The van der Waals surface area contributed by atoms with Crippen molar-refractivity contribution < 1.29 is 9.13 Å². The Morgan fingerprint density at radius 2 is 2.11 bits per heavy atom. The summed E-state index contributed by atoms with van der Waals surface area (Å²) in [6.45, 7) is 3.99. The lowest BCUT2D eigenvalue weighted by atomic mass is 10.1. The van der Waals surface area contributed by atoms with E-state index in [0.29, 0.717) is 0 Å². The van der Waals surface area contributed by atoms with Gasteiger partial charge in [0.25, 0.3) is 0 Å². The number of nitrogens with one attached hydrogen (secondary N) is 1. The van der Waals surface area contributed by atoms with Gasteiger partial charge in [-0.1, -0.05) is 6.07 Å². The van der Waals surface area contributed by atoms with E-state index < -0.39 is 0 Å². The highest BCUT2D eigenvalue weighted by atomic mass is 19.1. The molecule has 1 aromatic carbocycles. The Labute approximate surface area is 112 Å². The summed E-state index contributed by atoms with van der Waals surface area (Å²) < 4.78 is 18.6. The minimum Gasteiger partial charge on any atom is -0.494 e. The zero-order chi connectivity index (χ0) is 13.8. The SMILES string of the molecule is COc1ccc(C(C)Nc2cnccc2C)cc1F. The molecule has 19 heavy (non-hydrogen) atoms. The summed E-state index contributed by atoms with van der Waals surface area (Å²) >= 11 is 0.